The summed E-state index contributed by atoms with van der Waals surface area (Å²) in [6.45, 7) is 9.90. The molecule has 2 N–H and O–H groups in total. The number of rotatable bonds is 4. The summed E-state index contributed by atoms with van der Waals surface area (Å²) < 4.78 is 12.5. The number of allylic oxidation sites excluding steroid dienone is 3. The van der Waals surface area contributed by atoms with Crippen molar-refractivity contribution in [2.45, 2.75) is 141 Å². The highest BCUT2D eigenvalue weighted by Gasteiger charge is 2.45. The quantitative estimate of drug-likeness (QED) is 0.480. The van der Waals surface area contributed by atoms with Crippen LogP contribution < -0.4 is 0 Å². The van der Waals surface area contributed by atoms with E-state index in [0.717, 1.165) is 31.3 Å². The third kappa shape index (κ3) is 8.49. The van der Waals surface area contributed by atoms with Gasteiger partial charge < -0.3 is 24.6 Å². The van der Waals surface area contributed by atoms with E-state index in [4.69, 9.17) is 9.47 Å². The number of ketones is 1. The van der Waals surface area contributed by atoms with E-state index in [2.05, 4.69) is 6.92 Å². The number of Topliss-reactive ketones (excluding diaryl/α,β-unsaturated/α-hetero) is 1. The fraction of sp³-hybridized carbons (Fsp3) is 0.781. The number of esters is 1. The Balaban J connectivity index is 1.85. The van der Waals surface area contributed by atoms with Crippen molar-refractivity contribution in [1.29, 1.82) is 0 Å². The molecule has 2 saturated heterocycles. The summed E-state index contributed by atoms with van der Waals surface area (Å²) in [4.78, 5) is 40.9. The van der Waals surface area contributed by atoms with E-state index in [1.54, 1.807) is 17.9 Å². The Morgan fingerprint density at radius 1 is 1.07 bits per heavy atom. The normalized spacial score (nSPS) is 35.0. The van der Waals surface area contributed by atoms with Gasteiger partial charge in [-0.05, 0) is 95.6 Å². The molecule has 0 saturated carbocycles. The highest BCUT2D eigenvalue weighted by molar-refractivity contribution is 5.96. The van der Waals surface area contributed by atoms with Crippen LogP contribution in [0.4, 0.5) is 0 Å². The fourth-order valence-electron chi connectivity index (χ4n) is 6.36. The maximum absolute atomic E-state index is 13.5. The highest BCUT2D eigenvalue weighted by Crippen LogP contribution is 2.36. The fourth-order valence-corrected chi connectivity index (χ4v) is 6.36. The molecule has 226 valence electrons. The molecule has 3 aliphatic heterocycles. The number of nitrogens with zero attached hydrogens (tertiary/aromatic N) is 1. The van der Waals surface area contributed by atoms with Gasteiger partial charge in [-0.25, -0.2) is 4.79 Å². The maximum atomic E-state index is 13.5. The van der Waals surface area contributed by atoms with Gasteiger partial charge in [-0.15, -0.1) is 0 Å². The van der Waals surface area contributed by atoms with Gasteiger partial charge in [0.05, 0.1) is 24.4 Å². The van der Waals surface area contributed by atoms with Crippen molar-refractivity contribution >= 4 is 17.7 Å². The van der Waals surface area contributed by atoms with E-state index in [-0.39, 0.29) is 42.2 Å². The summed E-state index contributed by atoms with van der Waals surface area (Å²) >= 11 is 0. The molecule has 7 unspecified atom stereocenters. The van der Waals surface area contributed by atoms with Crippen LogP contribution in [0.3, 0.4) is 0 Å². The van der Waals surface area contributed by atoms with E-state index < -0.39 is 29.8 Å². The minimum atomic E-state index is -1.24. The van der Waals surface area contributed by atoms with Crippen LogP contribution in [0.5, 0.6) is 0 Å². The third-order valence-electron chi connectivity index (χ3n) is 9.12. The molecule has 1 amide bonds. The van der Waals surface area contributed by atoms with Crippen LogP contribution in [0.2, 0.25) is 0 Å². The summed E-state index contributed by atoms with van der Waals surface area (Å²) in [6, 6.07) is -0.718. The zero-order valence-electron chi connectivity index (χ0n) is 25.1. The second kappa shape index (κ2) is 14.7. The number of amides is 1. The van der Waals surface area contributed by atoms with E-state index in [0.29, 0.717) is 45.1 Å². The molecule has 2 fully saturated rings. The summed E-state index contributed by atoms with van der Waals surface area (Å²) in [5.41, 5.74) is -0.466. The number of ether oxygens (including phenoxy) is 2. The number of aliphatic hydroxyl groups is 2. The summed E-state index contributed by atoms with van der Waals surface area (Å²) in [6.07, 6.45) is 10.4. The van der Waals surface area contributed by atoms with E-state index in [1.165, 1.54) is 6.08 Å². The molecule has 0 spiro atoms. The molecule has 2 bridgehead atoms. The Labute approximate surface area is 240 Å². The van der Waals surface area contributed by atoms with Gasteiger partial charge in [-0.1, -0.05) is 32.9 Å². The SMILES string of the molecule is CCC(O)CC(O)C1(C)CC(C)C2CCC(CCC=C(C)C(=O)C(C)CCC=CC(=O)N3CCC[C@H]3C(=O)O1)O2. The first-order valence-corrected chi connectivity index (χ1v) is 15.4. The molecule has 3 heterocycles. The number of carbonyl (C=O) groups is 3. The lowest BCUT2D eigenvalue weighted by atomic mass is 9.82. The van der Waals surface area contributed by atoms with Crippen molar-refractivity contribution in [1.82, 2.24) is 4.90 Å². The Morgan fingerprint density at radius 3 is 2.55 bits per heavy atom. The molecule has 0 aliphatic carbocycles. The Bertz CT molecular complexity index is 946. The maximum Gasteiger partial charge on any atom is 0.329 e. The molecule has 8 atom stereocenters. The van der Waals surface area contributed by atoms with Crippen LogP contribution in [0.25, 0.3) is 0 Å². The lowest BCUT2D eigenvalue weighted by Crippen LogP contribution is -2.51. The van der Waals surface area contributed by atoms with Gasteiger partial charge in [0.25, 0.3) is 0 Å². The highest BCUT2D eigenvalue weighted by atomic mass is 16.6. The lowest BCUT2D eigenvalue weighted by Gasteiger charge is -2.39. The Hall–Kier alpha value is -2.03. The Morgan fingerprint density at radius 2 is 1.82 bits per heavy atom. The second-order valence-electron chi connectivity index (χ2n) is 12.5. The number of carbonyl (C=O) groups excluding carboxylic acids is 3. The first-order valence-electron chi connectivity index (χ1n) is 15.4. The minimum Gasteiger partial charge on any atom is -0.455 e. The Kier molecular flexibility index (Phi) is 12.0. The lowest BCUT2D eigenvalue weighted by molar-refractivity contribution is -0.184. The van der Waals surface area contributed by atoms with E-state index in [1.807, 2.05) is 26.8 Å². The smallest absolute Gasteiger partial charge is 0.329 e. The molecule has 3 rings (SSSR count). The van der Waals surface area contributed by atoms with Gasteiger partial charge in [0, 0.05) is 18.9 Å². The monoisotopic (exact) mass is 561 g/mol. The molecule has 0 radical (unpaired) electrons. The van der Waals surface area contributed by atoms with Crippen LogP contribution in [0.1, 0.15) is 105 Å². The van der Waals surface area contributed by atoms with Crippen molar-refractivity contribution in [3.8, 4) is 0 Å². The van der Waals surface area contributed by atoms with Crippen LogP contribution >= 0.6 is 0 Å². The van der Waals surface area contributed by atoms with Crippen LogP contribution in [-0.2, 0) is 23.9 Å². The van der Waals surface area contributed by atoms with Gasteiger partial charge in [-0.3, -0.25) is 9.59 Å². The number of aliphatic hydroxyl groups excluding tert-OH is 2. The standard InChI is InChI=1S/C32H51NO7/c1-6-24(34)19-28(35)32(5)20-23(4)27-17-16-25(39-27)13-9-12-22(3)30(37)21(2)11-7-8-15-29(36)33-18-10-14-26(33)31(38)40-32/h8,12,15,21,23-28,34-35H,6-7,9-11,13-14,16-20H2,1-5H3/t21?,23?,24?,25?,26-,27?,28?,32?/m0/s1. The zero-order valence-corrected chi connectivity index (χ0v) is 25.1. The van der Waals surface area contributed by atoms with Crippen LogP contribution in [0.15, 0.2) is 23.8 Å². The number of hydrogen-bond acceptors (Lipinski definition) is 7. The first kappa shape index (κ1) is 32.5. The number of hydrogen-bond donors (Lipinski definition) is 2. The minimum absolute atomic E-state index is 0.00530. The molecule has 0 aromatic heterocycles. The van der Waals surface area contributed by atoms with Gasteiger partial charge in [0.2, 0.25) is 5.91 Å². The molecule has 0 aromatic rings. The van der Waals surface area contributed by atoms with Crippen LogP contribution in [-0.4, -0.2) is 75.4 Å². The van der Waals surface area contributed by atoms with Gasteiger partial charge in [0.15, 0.2) is 5.78 Å². The average Bonchev–Trinajstić information content (AvgIpc) is 3.60. The number of fused-ring (bicyclic) bond motifs is 3. The predicted octanol–water partition coefficient (Wildman–Crippen LogP) is 4.66. The summed E-state index contributed by atoms with van der Waals surface area (Å²) in [5.74, 6) is -0.770. The van der Waals surface area contributed by atoms with Crippen LogP contribution in [0, 0.1) is 11.8 Å². The largest absolute Gasteiger partial charge is 0.455 e. The topological polar surface area (TPSA) is 113 Å². The molecule has 3 aliphatic rings. The summed E-state index contributed by atoms with van der Waals surface area (Å²) in [7, 11) is 0. The van der Waals surface area contributed by atoms with Crippen molar-refractivity contribution in [3.63, 3.8) is 0 Å². The first-order chi connectivity index (χ1) is 18.9. The summed E-state index contributed by atoms with van der Waals surface area (Å²) in [5, 5.41) is 21.5. The zero-order chi connectivity index (χ0) is 29.4. The predicted molar refractivity (Wildman–Crippen MR) is 153 cm³/mol. The molecule has 0 aromatic carbocycles. The average molecular weight is 562 g/mol. The van der Waals surface area contributed by atoms with E-state index in [9.17, 15) is 24.6 Å². The van der Waals surface area contributed by atoms with Crippen molar-refractivity contribution in [3.05, 3.63) is 23.8 Å². The van der Waals surface area contributed by atoms with E-state index >= 15 is 0 Å². The molecule has 40 heavy (non-hydrogen) atoms. The number of cyclic esters (lactones) is 1. The molecule has 8 nitrogen and oxygen atoms in total. The molecular weight excluding hydrogens is 510 g/mol. The van der Waals surface area contributed by atoms with Crippen molar-refractivity contribution in [2.24, 2.45) is 11.8 Å². The molecular formula is C32H51NO7. The third-order valence-corrected chi connectivity index (χ3v) is 9.12. The second-order valence-corrected chi connectivity index (χ2v) is 12.5. The van der Waals surface area contributed by atoms with Gasteiger partial charge in [-0.2, -0.15) is 0 Å². The van der Waals surface area contributed by atoms with Gasteiger partial charge >= 0.3 is 5.97 Å². The van der Waals surface area contributed by atoms with Crippen molar-refractivity contribution < 1.29 is 34.1 Å². The molecule has 8 heteroatoms. The van der Waals surface area contributed by atoms with Gasteiger partial charge in [0.1, 0.15) is 11.6 Å². The van der Waals surface area contributed by atoms with Crippen molar-refractivity contribution in [2.75, 3.05) is 6.54 Å².